The maximum Gasteiger partial charge on any atom is 0.244 e. The summed E-state index contributed by atoms with van der Waals surface area (Å²) < 4.78 is 41.2. The van der Waals surface area contributed by atoms with E-state index in [-0.39, 0.29) is 18.7 Å². The minimum Gasteiger partial charge on any atom is -0.350 e. The monoisotopic (exact) mass is 444 g/mol. The van der Waals surface area contributed by atoms with E-state index in [9.17, 15) is 17.6 Å². The number of carbonyl (C=O) groups is 1. The molecule has 3 rings (SSSR count). The number of benzene rings is 2. The van der Waals surface area contributed by atoms with Gasteiger partial charge in [0, 0.05) is 18.9 Å². The van der Waals surface area contributed by atoms with E-state index < -0.39 is 27.8 Å². The van der Waals surface area contributed by atoms with Crippen molar-refractivity contribution in [3.8, 4) is 5.69 Å². The topological polar surface area (TPSA) is 84.3 Å². The molecule has 3 aromatic rings. The maximum atomic E-state index is 13.3. The standard InChI is InChI=1S/C22H25FN4O3S/c1-4-20(27(31(3,29)30)19-11-9-18(23)10-12-19)22(28)25-15-17-7-5-6-8-21(17)26-14-13-24-16(26)2/h5-14,20H,4,15H2,1-3H3,(H,25,28)/t20-/m1/s1. The summed E-state index contributed by atoms with van der Waals surface area (Å²) in [5.41, 5.74) is 1.98. The van der Waals surface area contributed by atoms with Gasteiger partial charge in [-0.1, -0.05) is 25.1 Å². The van der Waals surface area contributed by atoms with Gasteiger partial charge in [-0.05, 0) is 49.2 Å². The molecular weight excluding hydrogens is 419 g/mol. The van der Waals surface area contributed by atoms with Gasteiger partial charge in [0.2, 0.25) is 15.9 Å². The average Bonchev–Trinajstić information content (AvgIpc) is 3.16. The van der Waals surface area contributed by atoms with Gasteiger partial charge < -0.3 is 9.88 Å². The fourth-order valence-corrected chi connectivity index (χ4v) is 4.69. The molecule has 0 bridgehead atoms. The van der Waals surface area contributed by atoms with E-state index in [1.165, 1.54) is 24.3 Å². The summed E-state index contributed by atoms with van der Waals surface area (Å²) in [7, 11) is -3.78. The highest BCUT2D eigenvalue weighted by atomic mass is 32.2. The van der Waals surface area contributed by atoms with Gasteiger partial charge in [-0.15, -0.1) is 0 Å². The molecule has 0 radical (unpaired) electrons. The van der Waals surface area contributed by atoms with Gasteiger partial charge in [0.05, 0.1) is 17.6 Å². The van der Waals surface area contributed by atoms with Gasteiger partial charge in [0.1, 0.15) is 17.7 Å². The molecule has 0 saturated carbocycles. The molecule has 1 atom stereocenters. The Morgan fingerprint density at radius 3 is 2.45 bits per heavy atom. The second-order valence-electron chi connectivity index (χ2n) is 7.15. The highest BCUT2D eigenvalue weighted by Crippen LogP contribution is 2.23. The van der Waals surface area contributed by atoms with Crippen molar-refractivity contribution in [2.24, 2.45) is 0 Å². The molecular formula is C22H25FN4O3S. The summed E-state index contributed by atoms with van der Waals surface area (Å²) in [6.45, 7) is 3.83. The van der Waals surface area contributed by atoms with Crippen molar-refractivity contribution in [2.45, 2.75) is 32.9 Å². The van der Waals surface area contributed by atoms with Crippen molar-refractivity contribution in [3.05, 3.63) is 78.1 Å². The van der Waals surface area contributed by atoms with Gasteiger partial charge in [0.15, 0.2) is 0 Å². The lowest BCUT2D eigenvalue weighted by atomic mass is 10.1. The van der Waals surface area contributed by atoms with Gasteiger partial charge >= 0.3 is 0 Å². The number of hydrogen-bond donors (Lipinski definition) is 1. The van der Waals surface area contributed by atoms with Crippen LogP contribution in [0.5, 0.6) is 0 Å². The summed E-state index contributed by atoms with van der Waals surface area (Å²) in [6.07, 6.45) is 4.82. The van der Waals surface area contributed by atoms with E-state index in [4.69, 9.17) is 0 Å². The first kappa shape index (κ1) is 22.5. The third kappa shape index (κ3) is 5.11. The fourth-order valence-electron chi connectivity index (χ4n) is 3.48. The zero-order valence-corrected chi connectivity index (χ0v) is 18.4. The number of nitrogens with zero attached hydrogens (tertiary/aromatic N) is 3. The maximum absolute atomic E-state index is 13.3. The van der Waals surface area contributed by atoms with E-state index in [2.05, 4.69) is 10.3 Å². The van der Waals surface area contributed by atoms with Crippen molar-refractivity contribution in [1.82, 2.24) is 14.9 Å². The van der Waals surface area contributed by atoms with Crippen LogP contribution in [-0.4, -0.2) is 36.2 Å². The number of sulfonamides is 1. The quantitative estimate of drug-likeness (QED) is 0.578. The Kier molecular flexibility index (Phi) is 6.74. The van der Waals surface area contributed by atoms with E-state index in [0.29, 0.717) is 0 Å². The van der Waals surface area contributed by atoms with Crippen LogP contribution in [0.1, 0.15) is 24.7 Å². The number of nitrogens with one attached hydrogen (secondary N) is 1. The second-order valence-corrected chi connectivity index (χ2v) is 9.01. The van der Waals surface area contributed by atoms with E-state index in [0.717, 1.165) is 27.6 Å². The molecule has 0 fully saturated rings. The number of aryl methyl sites for hydroxylation is 1. The molecule has 7 nitrogen and oxygen atoms in total. The molecule has 0 saturated heterocycles. The molecule has 0 spiro atoms. The van der Waals surface area contributed by atoms with E-state index >= 15 is 0 Å². The molecule has 1 N–H and O–H groups in total. The molecule has 0 aliphatic heterocycles. The number of anilines is 1. The normalized spacial score (nSPS) is 12.4. The Morgan fingerprint density at radius 1 is 1.19 bits per heavy atom. The molecule has 1 aromatic heterocycles. The lowest BCUT2D eigenvalue weighted by Gasteiger charge is -2.30. The van der Waals surface area contributed by atoms with E-state index in [1.54, 1.807) is 13.1 Å². The largest absolute Gasteiger partial charge is 0.350 e. The Balaban J connectivity index is 1.85. The number of rotatable bonds is 8. The van der Waals surface area contributed by atoms with Crippen LogP contribution in [0.3, 0.4) is 0 Å². The van der Waals surface area contributed by atoms with Crippen LogP contribution in [0.2, 0.25) is 0 Å². The number of hydrogen-bond acceptors (Lipinski definition) is 4. The van der Waals surface area contributed by atoms with Crippen LogP contribution in [0.15, 0.2) is 60.9 Å². The molecule has 0 aliphatic carbocycles. The summed E-state index contributed by atoms with van der Waals surface area (Å²) >= 11 is 0. The van der Waals surface area contributed by atoms with E-state index in [1.807, 2.05) is 42.0 Å². The number of para-hydroxylation sites is 1. The molecule has 9 heteroatoms. The van der Waals surface area contributed by atoms with Gasteiger partial charge in [-0.3, -0.25) is 9.10 Å². The minimum absolute atomic E-state index is 0.212. The predicted molar refractivity (Wildman–Crippen MR) is 118 cm³/mol. The van der Waals surface area contributed by atoms with Crippen LogP contribution >= 0.6 is 0 Å². The molecule has 0 aliphatic rings. The fraction of sp³-hybridized carbons (Fsp3) is 0.273. The average molecular weight is 445 g/mol. The van der Waals surface area contributed by atoms with Gasteiger partial charge in [0.25, 0.3) is 0 Å². The Hall–Kier alpha value is -3.20. The SMILES string of the molecule is CC[C@H](C(=O)NCc1ccccc1-n1ccnc1C)N(c1ccc(F)cc1)S(C)(=O)=O. The first-order valence-corrected chi connectivity index (χ1v) is 11.7. The minimum atomic E-state index is -3.78. The first-order valence-electron chi connectivity index (χ1n) is 9.83. The van der Waals surface area contributed by atoms with Crippen molar-refractivity contribution in [2.75, 3.05) is 10.6 Å². The number of amides is 1. The zero-order chi connectivity index (χ0) is 22.6. The highest BCUT2D eigenvalue weighted by molar-refractivity contribution is 7.92. The van der Waals surface area contributed by atoms with Crippen molar-refractivity contribution < 1.29 is 17.6 Å². The lowest BCUT2D eigenvalue weighted by molar-refractivity contribution is -0.122. The Labute approximate surface area is 181 Å². The van der Waals surface area contributed by atoms with Crippen molar-refractivity contribution in [1.29, 1.82) is 0 Å². The Morgan fingerprint density at radius 2 is 1.87 bits per heavy atom. The third-order valence-corrected chi connectivity index (χ3v) is 6.12. The summed E-state index contributed by atoms with van der Waals surface area (Å²) in [5, 5.41) is 2.85. The van der Waals surface area contributed by atoms with Gasteiger partial charge in [-0.2, -0.15) is 0 Å². The third-order valence-electron chi connectivity index (χ3n) is 4.94. The van der Waals surface area contributed by atoms with Crippen LogP contribution in [0, 0.1) is 12.7 Å². The first-order chi connectivity index (χ1) is 14.7. The molecule has 31 heavy (non-hydrogen) atoms. The van der Waals surface area contributed by atoms with Crippen LogP contribution < -0.4 is 9.62 Å². The van der Waals surface area contributed by atoms with Crippen LogP contribution in [-0.2, 0) is 21.4 Å². The van der Waals surface area contributed by atoms with Crippen LogP contribution in [0.4, 0.5) is 10.1 Å². The molecule has 1 heterocycles. The number of carbonyl (C=O) groups excluding carboxylic acids is 1. The molecule has 2 aromatic carbocycles. The predicted octanol–water partition coefficient (Wildman–Crippen LogP) is 3.18. The zero-order valence-electron chi connectivity index (χ0n) is 17.6. The number of aromatic nitrogens is 2. The summed E-state index contributed by atoms with van der Waals surface area (Å²) in [5.74, 6) is -0.111. The molecule has 164 valence electrons. The summed E-state index contributed by atoms with van der Waals surface area (Å²) in [4.78, 5) is 17.3. The lowest BCUT2D eigenvalue weighted by Crippen LogP contribution is -2.49. The second kappa shape index (κ2) is 9.30. The highest BCUT2D eigenvalue weighted by Gasteiger charge is 2.31. The number of imidazole rings is 1. The van der Waals surface area contributed by atoms with Crippen molar-refractivity contribution >= 4 is 21.6 Å². The Bertz CT molecular complexity index is 1160. The smallest absolute Gasteiger partial charge is 0.244 e. The molecule has 0 unspecified atom stereocenters. The summed E-state index contributed by atoms with van der Waals surface area (Å²) in [6, 6.07) is 11.7. The molecule has 1 amide bonds. The van der Waals surface area contributed by atoms with Crippen molar-refractivity contribution in [3.63, 3.8) is 0 Å². The van der Waals surface area contributed by atoms with Gasteiger partial charge in [-0.25, -0.2) is 17.8 Å². The number of halogens is 1. The van der Waals surface area contributed by atoms with Crippen LogP contribution in [0.25, 0.3) is 5.69 Å².